The zero-order valence-electron chi connectivity index (χ0n) is 13.9. The predicted molar refractivity (Wildman–Crippen MR) is 98.4 cm³/mol. The topological polar surface area (TPSA) is 49.3 Å². The first kappa shape index (κ1) is 16.6. The van der Waals surface area contributed by atoms with Crippen LogP contribution in [0.25, 0.3) is 5.57 Å². The number of allylic oxidation sites excluding steroid dienone is 4. The molecular weight excluding hydrogens is 337 g/mol. The van der Waals surface area contributed by atoms with Crippen LogP contribution in [0.5, 0.6) is 0 Å². The molecule has 2 heterocycles. The number of dihydropyridines is 1. The summed E-state index contributed by atoms with van der Waals surface area (Å²) in [5.41, 5.74) is 4.66. The molecule has 2 aliphatic heterocycles. The van der Waals surface area contributed by atoms with Gasteiger partial charge in [-0.25, -0.2) is 4.39 Å². The fraction of sp³-hybridized carbons (Fsp3) is 0.350. The van der Waals surface area contributed by atoms with Crippen LogP contribution in [0, 0.1) is 5.82 Å². The number of benzene rings is 1. The molecule has 1 atom stereocenters. The van der Waals surface area contributed by atoms with Crippen molar-refractivity contribution in [3.05, 3.63) is 63.6 Å². The average Bonchev–Trinajstić information content (AvgIpc) is 3.08. The molecule has 0 saturated carbocycles. The highest BCUT2D eigenvalue weighted by molar-refractivity contribution is 8.03. The van der Waals surface area contributed by atoms with Crippen molar-refractivity contribution in [2.75, 3.05) is 12.4 Å². The van der Waals surface area contributed by atoms with Gasteiger partial charge >= 0.3 is 0 Å². The summed E-state index contributed by atoms with van der Waals surface area (Å²) in [5.74, 6) is 0.663. The van der Waals surface area contributed by atoms with E-state index < -0.39 is 5.82 Å². The zero-order valence-corrected chi connectivity index (χ0v) is 14.7. The van der Waals surface area contributed by atoms with Gasteiger partial charge in [0.2, 0.25) is 0 Å². The van der Waals surface area contributed by atoms with Crippen LogP contribution >= 0.6 is 11.8 Å². The van der Waals surface area contributed by atoms with Crippen molar-refractivity contribution in [2.45, 2.75) is 31.6 Å². The van der Waals surface area contributed by atoms with Crippen molar-refractivity contribution in [1.82, 2.24) is 5.32 Å². The number of carbonyl (C=O) groups excluding carboxylic acids is 1. The van der Waals surface area contributed by atoms with E-state index >= 15 is 0 Å². The van der Waals surface area contributed by atoms with Gasteiger partial charge < -0.3 is 10.4 Å². The van der Waals surface area contributed by atoms with Gasteiger partial charge in [-0.3, -0.25) is 4.79 Å². The van der Waals surface area contributed by atoms with Crippen LogP contribution in [0.1, 0.15) is 42.7 Å². The number of hydrogen-bond acceptors (Lipinski definition) is 4. The van der Waals surface area contributed by atoms with Crippen LogP contribution in [0.15, 0.2) is 46.7 Å². The number of aliphatic hydroxyl groups excluding tert-OH is 1. The van der Waals surface area contributed by atoms with E-state index in [1.165, 1.54) is 16.7 Å². The molecule has 1 aromatic rings. The Morgan fingerprint density at radius 3 is 2.96 bits per heavy atom. The van der Waals surface area contributed by atoms with Gasteiger partial charge in [-0.2, -0.15) is 0 Å². The van der Waals surface area contributed by atoms with E-state index in [1.54, 1.807) is 23.9 Å². The van der Waals surface area contributed by atoms with E-state index in [0.717, 1.165) is 41.8 Å². The molecule has 25 heavy (non-hydrogen) atoms. The van der Waals surface area contributed by atoms with Crippen molar-refractivity contribution in [1.29, 1.82) is 0 Å². The maximum Gasteiger partial charge on any atom is 0.161 e. The second-order valence-corrected chi connectivity index (χ2v) is 7.81. The van der Waals surface area contributed by atoms with E-state index in [0.29, 0.717) is 17.6 Å². The highest BCUT2D eigenvalue weighted by atomic mass is 32.2. The number of hydrogen-bond donors (Lipinski definition) is 2. The molecule has 1 aromatic carbocycles. The normalized spacial score (nSPS) is 22.6. The number of ketones is 1. The number of aliphatic hydroxyl groups is 1. The van der Waals surface area contributed by atoms with Crippen LogP contribution in [-0.2, 0) is 4.79 Å². The van der Waals surface area contributed by atoms with E-state index in [-0.39, 0.29) is 18.3 Å². The molecule has 0 radical (unpaired) electrons. The SMILES string of the molecule is C=C(CO)c1cc(C2C3=C(CCS3)NC3=C2C(=O)CCC3)ccc1F. The Labute approximate surface area is 150 Å². The van der Waals surface area contributed by atoms with Crippen LogP contribution in [0.3, 0.4) is 0 Å². The Bertz CT molecular complexity index is 840. The van der Waals surface area contributed by atoms with E-state index in [4.69, 9.17) is 0 Å². The van der Waals surface area contributed by atoms with Gasteiger partial charge in [-0.05, 0) is 42.5 Å². The first-order valence-corrected chi connectivity index (χ1v) is 9.56. The number of halogens is 1. The summed E-state index contributed by atoms with van der Waals surface area (Å²) in [5, 5.41) is 12.8. The molecular formula is C20H20FNO2S. The molecule has 0 saturated heterocycles. The molecule has 1 unspecified atom stereocenters. The molecule has 0 fully saturated rings. The summed E-state index contributed by atoms with van der Waals surface area (Å²) in [6.07, 6.45) is 3.31. The number of carbonyl (C=O) groups is 1. The van der Waals surface area contributed by atoms with E-state index in [9.17, 15) is 14.3 Å². The molecule has 2 N–H and O–H groups in total. The highest BCUT2D eigenvalue weighted by Crippen LogP contribution is 2.50. The Kier molecular flexibility index (Phi) is 4.29. The minimum absolute atomic E-state index is 0.127. The average molecular weight is 357 g/mol. The van der Waals surface area contributed by atoms with Crippen LogP contribution in [0.2, 0.25) is 0 Å². The number of rotatable bonds is 3. The molecule has 0 amide bonds. The zero-order chi connectivity index (χ0) is 17.6. The lowest BCUT2D eigenvalue weighted by molar-refractivity contribution is -0.116. The fourth-order valence-electron chi connectivity index (χ4n) is 3.89. The second-order valence-electron chi connectivity index (χ2n) is 6.67. The molecule has 0 spiro atoms. The fourth-order valence-corrected chi connectivity index (χ4v) is 5.17. The van der Waals surface area contributed by atoms with Gasteiger partial charge in [0.15, 0.2) is 5.78 Å². The Hall–Kier alpha value is -1.85. The van der Waals surface area contributed by atoms with Crippen molar-refractivity contribution < 1.29 is 14.3 Å². The van der Waals surface area contributed by atoms with Crippen molar-refractivity contribution in [3.8, 4) is 0 Å². The Balaban J connectivity index is 1.86. The molecule has 3 nitrogen and oxygen atoms in total. The first-order valence-electron chi connectivity index (χ1n) is 8.57. The van der Waals surface area contributed by atoms with Crippen molar-refractivity contribution in [2.24, 2.45) is 0 Å². The third kappa shape index (κ3) is 2.75. The van der Waals surface area contributed by atoms with Crippen molar-refractivity contribution >= 4 is 23.1 Å². The maximum absolute atomic E-state index is 14.2. The standard InChI is InChI=1S/C20H20FNO2S/c1-11(10-23)13-9-12(5-6-14(13)21)18-19-15(3-2-4-17(19)24)22-16-7-8-25-20(16)18/h5-6,9,18,22-23H,1-4,7-8,10H2. The quantitative estimate of drug-likeness (QED) is 0.862. The second kappa shape index (κ2) is 6.46. The maximum atomic E-state index is 14.2. The summed E-state index contributed by atoms with van der Waals surface area (Å²) < 4.78 is 14.2. The number of nitrogens with one attached hydrogen (secondary N) is 1. The van der Waals surface area contributed by atoms with Crippen LogP contribution in [0.4, 0.5) is 4.39 Å². The van der Waals surface area contributed by atoms with Gasteiger partial charge in [-0.1, -0.05) is 12.6 Å². The van der Waals surface area contributed by atoms with E-state index in [1.807, 2.05) is 0 Å². The summed E-state index contributed by atoms with van der Waals surface area (Å²) in [6.45, 7) is 3.47. The lowest BCUT2D eigenvalue weighted by Crippen LogP contribution is -2.30. The van der Waals surface area contributed by atoms with E-state index in [2.05, 4.69) is 11.9 Å². The predicted octanol–water partition coefficient (Wildman–Crippen LogP) is 3.87. The third-order valence-electron chi connectivity index (χ3n) is 5.11. The van der Waals surface area contributed by atoms with Gasteiger partial charge in [-0.15, -0.1) is 11.8 Å². The molecule has 4 rings (SSSR count). The summed E-state index contributed by atoms with van der Waals surface area (Å²) in [7, 11) is 0. The molecule has 130 valence electrons. The van der Waals surface area contributed by atoms with Gasteiger partial charge in [0.05, 0.1) is 6.61 Å². The lowest BCUT2D eigenvalue weighted by atomic mass is 9.78. The largest absolute Gasteiger partial charge is 0.392 e. The number of thioether (sulfide) groups is 1. The van der Waals surface area contributed by atoms with Crippen LogP contribution < -0.4 is 5.32 Å². The lowest BCUT2D eigenvalue weighted by Gasteiger charge is -2.33. The molecule has 0 bridgehead atoms. The van der Waals surface area contributed by atoms with Gasteiger partial charge in [0.1, 0.15) is 5.82 Å². The Morgan fingerprint density at radius 2 is 2.16 bits per heavy atom. The first-order chi connectivity index (χ1) is 12.1. The monoisotopic (exact) mass is 357 g/mol. The summed E-state index contributed by atoms with van der Waals surface area (Å²) >= 11 is 1.78. The van der Waals surface area contributed by atoms with Gasteiger partial charge in [0, 0.05) is 45.5 Å². The highest BCUT2D eigenvalue weighted by Gasteiger charge is 2.38. The third-order valence-corrected chi connectivity index (χ3v) is 6.31. The molecule has 0 aromatic heterocycles. The molecule has 5 heteroatoms. The smallest absolute Gasteiger partial charge is 0.161 e. The Morgan fingerprint density at radius 1 is 1.32 bits per heavy atom. The van der Waals surface area contributed by atoms with Crippen molar-refractivity contribution in [3.63, 3.8) is 0 Å². The van der Waals surface area contributed by atoms with Gasteiger partial charge in [0.25, 0.3) is 0 Å². The minimum Gasteiger partial charge on any atom is -0.392 e. The molecule has 1 aliphatic carbocycles. The summed E-state index contributed by atoms with van der Waals surface area (Å²) in [4.78, 5) is 13.9. The summed E-state index contributed by atoms with van der Waals surface area (Å²) in [6, 6.07) is 4.93. The van der Waals surface area contributed by atoms with Crippen LogP contribution in [-0.4, -0.2) is 23.2 Å². The number of Topliss-reactive ketones (excluding diaryl/α,β-unsaturated/α-hetero) is 1. The molecule has 3 aliphatic rings. The minimum atomic E-state index is -0.394.